The van der Waals surface area contributed by atoms with Crippen LogP contribution in [0.3, 0.4) is 0 Å². The largest absolute Gasteiger partial charge is 0.496 e. The van der Waals surface area contributed by atoms with E-state index in [1.165, 1.54) is 0 Å². The van der Waals surface area contributed by atoms with E-state index in [2.05, 4.69) is 10.4 Å². The van der Waals surface area contributed by atoms with E-state index in [0.29, 0.717) is 12.3 Å². The maximum atomic E-state index is 5.69. The number of benzene rings is 1. The third-order valence-electron chi connectivity index (χ3n) is 3.19. The third-order valence-corrected chi connectivity index (χ3v) is 3.19. The molecule has 5 heteroatoms. The zero-order chi connectivity index (χ0) is 14.4. The molecule has 0 aliphatic heterocycles. The fraction of sp³-hybridized carbons (Fsp3) is 0.267. The van der Waals surface area contributed by atoms with Crippen LogP contribution in [0.5, 0.6) is 11.6 Å². The quantitative estimate of drug-likeness (QED) is 0.621. The Kier molecular flexibility index (Phi) is 4.92. The standard InChI is InChI=1S/C15H19N3O2/c1-19-14-8-4-3-6-11(14)10-13(18-16)12-7-5-9-17-15(12)20-2/h3-9,13,18H,10,16H2,1-2H3. The first-order valence-corrected chi connectivity index (χ1v) is 6.37. The number of ether oxygens (including phenoxy) is 2. The van der Waals surface area contributed by atoms with Gasteiger partial charge in [0, 0.05) is 11.8 Å². The van der Waals surface area contributed by atoms with Crippen LogP contribution in [0.1, 0.15) is 17.2 Å². The van der Waals surface area contributed by atoms with Crippen molar-refractivity contribution in [2.75, 3.05) is 14.2 Å². The van der Waals surface area contributed by atoms with Crippen molar-refractivity contribution in [3.63, 3.8) is 0 Å². The molecule has 1 heterocycles. The molecule has 5 nitrogen and oxygen atoms in total. The molecule has 0 saturated heterocycles. The van der Waals surface area contributed by atoms with Crippen molar-refractivity contribution in [3.8, 4) is 11.6 Å². The number of hydrazine groups is 1. The molecular weight excluding hydrogens is 254 g/mol. The first-order valence-electron chi connectivity index (χ1n) is 6.37. The monoisotopic (exact) mass is 273 g/mol. The molecule has 0 bridgehead atoms. The molecular formula is C15H19N3O2. The van der Waals surface area contributed by atoms with Crippen molar-refractivity contribution in [3.05, 3.63) is 53.7 Å². The van der Waals surface area contributed by atoms with Crippen molar-refractivity contribution < 1.29 is 9.47 Å². The number of nitrogens with two attached hydrogens (primary N) is 1. The molecule has 0 aliphatic carbocycles. The van der Waals surface area contributed by atoms with Crippen LogP contribution in [0, 0.1) is 0 Å². The van der Waals surface area contributed by atoms with Crippen molar-refractivity contribution in [2.24, 2.45) is 5.84 Å². The van der Waals surface area contributed by atoms with Crippen LogP contribution >= 0.6 is 0 Å². The van der Waals surface area contributed by atoms with Crippen molar-refractivity contribution in [1.82, 2.24) is 10.4 Å². The highest BCUT2D eigenvalue weighted by Crippen LogP contribution is 2.28. The molecule has 1 unspecified atom stereocenters. The van der Waals surface area contributed by atoms with Crippen LogP contribution in [-0.2, 0) is 6.42 Å². The second-order valence-electron chi connectivity index (χ2n) is 4.34. The number of pyridine rings is 1. The van der Waals surface area contributed by atoms with Crippen LogP contribution in [0.15, 0.2) is 42.6 Å². The Morgan fingerprint density at radius 2 is 1.95 bits per heavy atom. The minimum atomic E-state index is -0.102. The number of nitrogens with one attached hydrogen (secondary N) is 1. The van der Waals surface area contributed by atoms with Gasteiger partial charge in [-0.15, -0.1) is 0 Å². The van der Waals surface area contributed by atoms with E-state index in [9.17, 15) is 0 Å². The summed E-state index contributed by atoms with van der Waals surface area (Å²) in [5, 5.41) is 0. The van der Waals surface area contributed by atoms with Crippen molar-refractivity contribution in [2.45, 2.75) is 12.5 Å². The van der Waals surface area contributed by atoms with Gasteiger partial charge in [-0.1, -0.05) is 24.3 Å². The van der Waals surface area contributed by atoms with Gasteiger partial charge in [0.05, 0.1) is 20.3 Å². The summed E-state index contributed by atoms with van der Waals surface area (Å²) >= 11 is 0. The summed E-state index contributed by atoms with van der Waals surface area (Å²) in [5.74, 6) is 7.11. The molecule has 0 amide bonds. The van der Waals surface area contributed by atoms with Crippen molar-refractivity contribution >= 4 is 0 Å². The van der Waals surface area contributed by atoms with Gasteiger partial charge in [-0.25, -0.2) is 4.98 Å². The number of rotatable bonds is 6. The summed E-state index contributed by atoms with van der Waals surface area (Å²) in [7, 11) is 3.26. The highest BCUT2D eigenvalue weighted by atomic mass is 16.5. The Labute approximate surface area is 118 Å². The van der Waals surface area contributed by atoms with E-state index in [-0.39, 0.29) is 6.04 Å². The normalized spacial score (nSPS) is 11.9. The SMILES string of the molecule is COc1ccccc1CC(NN)c1cccnc1OC. The lowest BCUT2D eigenvalue weighted by Crippen LogP contribution is -2.30. The zero-order valence-electron chi connectivity index (χ0n) is 11.7. The van der Waals surface area contributed by atoms with Gasteiger partial charge < -0.3 is 9.47 Å². The van der Waals surface area contributed by atoms with E-state index >= 15 is 0 Å². The molecule has 20 heavy (non-hydrogen) atoms. The predicted octanol–water partition coefficient (Wildman–Crippen LogP) is 1.85. The Morgan fingerprint density at radius 1 is 1.15 bits per heavy atom. The minimum absolute atomic E-state index is 0.102. The molecule has 106 valence electrons. The number of aromatic nitrogens is 1. The molecule has 2 rings (SSSR count). The Morgan fingerprint density at radius 3 is 2.65 bits per heavy atom. The number of methoxy groups -OCH3 is 2. The summed E-state index contributed by atoms with van der Waals surface area (Å²) in [5.41, 5.74) is 4.81. The second kappa shape index (κ2) is 6.88. The molecule has 1 atom stereocenters. The maximum Gasteiger partial charge on any atom is 0.217 e. The summed E-state index contributed by atoms with van der Waals surface area (Å²) in [6.45, 7) is 0. The maximum absolute atomic E-state index is 5.69. The Balaban J connectivity index is 2.29. The van der Waals surface area contributed by atoms with Crippen LogP contribution in [0.4, 0.5) is 0 Å². The fourth-order valence-corrected chi connectivity index (χ4v) is 2.19. The lowest BCUT2D eigenvalue weighted by molar-refractivity contribution is 0.379. The molecule has 1 aromatic heterocycles. The predicted molar refractivity (Wildman–Crippen MR) is 77.6 cm³/mol. The molecule has 0 fully saturated rings. The molecule has 0 radical (unpaired) electrons. The molecule has 2 aromatic rings. The van der Waals surface area contributed by atoms with Crippen LogP contribution in [0.2, 0.25) is 0 Å². The molecule has 0 saturated carbocycles. The number of hydrogen-bond donors (Lipinski definition) is 2. The summed E-state index contributed by atoms with van der Waals surface area (Å²) in [6.07, 6.45) is 2.38. The minimum Gasteiger partial charge on any atom is -0.496 e. The number of para-hydroxylation sites is 1. The molecule has 0 aliphatic rings. The van der Waals surface area contributed by atoms with Gasteiger partial charge >= 0.3 is 0 Å². The zero-order valence-corrected chi connectivity index (χ0v) is 11.7. The number of nitrogens with zero attached hydrogens (tertiary/aromatic N) is 1. The first kappa shape index (κ1) is 14.3. The van der Waals surface area contributed by atoms with Crippen LogP contribution in [0.25, 0.3) is 0 Å². The van der Waals surface area contributed by atoms with Crippen LogP contribution < -0.4 is 20.7 Å². The smallest absolute Gasteiger partial charge is 0.217 e. The lowest BCUT2D eigenvalue weighted by Gasteiger charge is -2.19. The van der Waals surface area contributed by atoms with E-state index < -0.39 is 0 Å². The Bertz CT molecular complexity index is 560. The van der Waals surface area contributed by atoms with Gasteiger partial charge in [0.1, 0.15) is 5.75 Å². The van der Waals surface area contributed by atoms with E-state index in [4.69, 9.17) is 15.3 Å². The van der Waals surface area contributed by atoms with E-state index in [1.807, 2.05) is 36.4 Å². The average Bonchev–Trinajstić information content (AvgIpc) is 2.53. The summed E-state index contributed by atoms with van der Waals surface area (Å²) < 4.78 is 10.7. The van der Waals surface area contributed by atoms with Gasteiger partial charge in [0.15, 0.2) is 0 Å². The highest BCUT2D eigenvalue weighted by Gasteiger charge is 2.17. The van der Waals surface area contributed by atoms with E-state index in [0.717, 1.165) is 16.9 Å². The molecule has 0 spiro atoms. The summed E-state index contributed by atoms with van der Waals surface area (Å²) in [6, 6.07) is 11.6. The van der Waals surface area contributed by atoms with Gasteiger partial charge in [-0.3, -0.25) is 11.3 Å². The lowest BCUT2D eigenvalue weighted by atomic mass is 9.99. The average molecular weight is 273 g/mol. The van der Waals surface area contributed by atoms with Gasteiger partial charge in [0.25, 0.3) is 0 Å². The first-order chi connectivity index (χ1) is 9.80. The van der Waals surface area contributed by atoms with Gasteiger partial charge in [-0.2, -0.15) is 0 Å². The Hall–Kier alpha value is -2.11. The summed E-state index contributed by atoms with van der Waals surface area (Å²) in [4.78, 5) is 4.20. The molecule has 1 aromatic carbocycles. The highest BCUT2D eigenvalue weighted by molar-refractivity contribution is 5.37. The van der Waals surface area contributed by atoms with Gasteiger partial charge in [-0.05, 0) is 24.1 Å². The molecule has 3 N–H and O–H groups in total. The second-order valence-corrected chi connectivity index (χ2v) is 4.34. The third kappa shape index (κ3) is 3.07. The fourth-order valence-electron chi connectivity index (χ4n) is 2.19. The topological polar surface area (TPSA) is 69.4 Å². The van der Waals surface area contributed by atoms with Gasteiger partial charge in [0.2, 0.25) is 5.88 Å². The van der Waals surface area contributed by atoms with Crippen molar-refractivity contribution in [1.29, 1.82) is 0 Å². The van der Waals surface area contributed by atoms with Crippen LogP contribution in [-0.4, -0.2) is 19.2 Å². The number of hydrogen-bond acceptors (Lipinski definition) is 5. The van der Waals surface area contributed by atoms with E-state index in [1.54, 1.807) is 20.4 Å².